The zero-order chi connectivity index (χ0) is 22.1. The maximum atomic E-state index is 11.9. The Balaban J connectivity index is 1.60. The van der Waals surface area contributed by atoms with Crippen LogP contribution >= 0.6 is 0 Å². The first-order valence-corrected chi connectivity index (χ1v) is 9.42. The number of para-hydroxylation sites is 1. The predicted octanol–water partition coefficient (Wildman–Crippen LogP) is 4.11. The average molecular weight is 423 g/mol. The number of aromatic carboxylic acids is 1. The molecule has 2 amide bonds. The van der Waals surface area contributed by atoms with Crippen molar-refractivity contribution in [3.8, 4) is 11.5 Å². The molecule has 0 spiro atoms. The minimum atomic E-state index is -1.14. The minimum Gasteiger partial charge on any atom is -0.490 e. The summed E-state index contributed by atoms with van der Waals surface area (Å²) >= 11 is 0. The van der Waals surface area contributed by atoms with Crippen LogP contribution in [-0.2, 0) is 6.61 Å². The van der Waals surface area contributed by atoms with E-state index in [1.54, 1.807) is 30.3 Å². The van der Waals surface area contributed by atoms with E-state index in [1.807, 2.05) is 25.1 Å². The van der Waals surface area contributed by atoms with Gasteiger partial charge in [0.2, 0.25) is 5.76 Å². The number of carboxylic acid groups (broad SMARTS) is 1. The largest absolute Gasteiger partial charge is 0.490 e. The van der Waals surface area contributed by atoms with Crippen LogP contribution in [0.2, 0.25) is 0 Å². The van der Waals surface area contributed by atoms with Gasteiger partial charge in [-0.05, 0) is 55.0 Å². The molecule has 3 rings (SSSR count). The number of amides is 2. The van der Waals surface area contributed by atoms with E-state index < -0.39 is 12.0 Å². The number of carbonyl (C=O) groups is 2. The van der Waals surface area contributed by atoms with Gasteiger partial charge >= 0.3 is 12.0 Å². The van der Waals surface area contributed by atoms with Crippen LogP contribution in [-0.4, -0.2) is 29.9 Å². The van der Waals surface area contributed by atoms with E-state index in [4.69, 9.17) is 19.0 Å². The molecule has 0 bridgehead atoms. The number of hydrogen-bond donors (Lipinski definition) is 3. The number of urea groups is 1. The molecule has 2 aromatic carbocycles. The number of nitrogens with one attached hydrogen (secondary N) is 2. The molecule has 0 unspecified atom stereocenters. The number of hydrazone groups is 1. The van der Waals surface area contributed by atoms with Crippen LogP contribution in [0.15, 0.2) is 70.2 Å². The van der Waals surface area contributed by atoms with Crippen LogP contribution in [0.25, 0.3) is 0 Å². The third-order valence-electron chi connectivity index (χ3n) is 3.92. The lowest BCUT2D eigenvalue weighted by atomic mass is 10.2. The molecule has 31 heavy (non-hydrogen) atoms. The molecule has 1 aromatic heterocycles. The Kier molecular flexibility index (Phi) is 7.26. The second-order valence-electron chi connectivity index (χ2n) is 6.19. The summed E-state index contributed by atoms with van der Waals surface area (Å²) in [7, 11) is 0. The van der Waals surface area contributed by atoms with Crippen molar-refractivity contribution >= 4 is 23.9 Å². The second kappa shape index (κ2) is 10.5. The highest BCUT2D eigenvalue weighted by atomic mass is 16.5. The molecule has 0 atom stereocenters. The molecule has 3 aromatic rings. The molecule has 0 saturated heterocycles. The monoisotopic (exact) mass is 423 g/mol. The SMILES string of the molecule is CCOc1cc(C=NNC(=O)Nc2ccccc2)ccc1OCc1ccc(C(=O)O)o1. The average Bonchev–Trinajstić information content (AvgIpc) is 3.24. The fourth-order valence-electron chi connectivity index (χ4n) is 2.56. The fourth-order valence-corrected chi connectivity index (χ4v) is 2.56. The van der Waals surface area contributed by atoms with Crippen molar-refractivity contribution in [2.45, 2.75) is 13.5 Å². The minimum absolute atomic E-state index is 0.0437. The van der Waals surface area contributed by atoms with Gasteiger partial charge in [0.05, 0.1) is 12.8 Å². The second-order valence-corrected chi connectivity index (χ2v) is 6.19. The Hall–Kier alpha value is -4.27. The van der Waals surface area contributed by atoms with Gasteiger partial charge in [-0.25, -0.2) is 15.0 Å². The van der Waals surface area contributed by atoms with Crippen LogP contribution in [0.1, 0.15) is 28.8 Å². The molecule has 3 N–H and O–H groups in total. The van der Waals surface area contributed by atoms with Gasteiger partial charge in [-0.15, -0.1) is 0 Å². The number of anilines is 1. The highest BCUT2D eigenvalue weighted by Gasteiger charge is 2.11. The summed E-state index contributed by atoms with van der Waals surface area (Å²) in [5, 5.41) is 15.5. The third-order valence-corrected chi connectivity index (χ3v) is 3.92. The van der Waals surface area contributed by atoms with E-state index in [0.29, 0.717) is 35.1 Å². The van der Waals surface area contributed by atoms with E-state index in [9.17, 15) is 9.59 Å². The fraction of sp³-hybridized carbons (Fsp3) is 0.136. The number of hydrogen-bond acceptors (Lipinski definition) is 6. The van der Waals surface area contributed by atoms with Gasteiger partial charge in [0.15, 0.2) is 11.5 Å². The maximum absolute atomic E-state index is 11.9. The molecule has 9 heteroatoms. The van der Waals surface area contributed by atoms with E-state index in [-0.39, 0.29) is 12.4 Å². The number of ether oxygens (including phenoxy) is 2. The number of nitrogens with zero attached hydrogens (tertiary/aromatic N) is 1. The van der Waals surface area contributed by atoms with Gasteiger partial charge in [-0.1, -0.05) is 18.2 Å². The third kappa shape index (κ3) is 6.36. The molecule has 0 radical (unpaired) electrons. The van der Waals surface area contributed by atoms with Gasteiger partial charge in [0.1, 0.15) is 12.4 Å². The van der Waals surface area contributed by atoms with Gasteiger partial charge in [0.25, 0.3) is 0 Å². The number of carboxylic acids is 1. The summed E-state index contributed by atoms with van der Waals surface area (Å²) in [5.41, 5.74) is 3.73. The summed E-state index contributed by atoms with van der Waals surface area (Å²) in [6.45, 7) is 2.30. The standard InChI is InChI=1S/C22H21N3O6/c1-2-29-20-12-15(13-23-25-22(28)24-16-6-4-3-5-7-16)8-10-18(20)30-14-17-9-11-19(31-17)21(26)27/h3-13H,2,14H2,1H3,(H,26,27)(H2,24,25,28). The van der Waals surface area contributed by atoms with E-state index in [1.165, 1.54) is 18.3 Å². The molecule has 0 aliphatic carbocycles. The normalized spacial score (nSPS) is 10.6. The Morgan fingerprint density at radius 2 is 1.87 bits per heavy atom. The highest BCUT2D eigenvalue weighted by Crippen LogP contribution is 2.29. The first-order valence-electron chi connectivity index (χ1n) is 9.42. The summed E-state index contributed by atoms with van der Waals surface area (Å²) in [4.78, 5) is 22.8. The van der Waals surface area contributed by atoms with Crippen molar-refractivity contribution in [3.05, 3.63) is 77.7 Å². The maximum Gasteiger partial charge on any atom is 0.371 e. The quantitative estimate of drug-likeness (QED) is 0.352. The first kappa shape index (κ1) is 21.4. The number of benzene rings is 2. The van der Waals surface area contributed by atoms with Crippen molar-refractivity contribution < 1.29 is 28.6 Å². The summed E-state index contributed by atoms with van der Waals surface area (Å²) in [5.74, 6) is 0.0151. The van der Waals surface area contributed by atoms with Gasteiger partial charge < -0.3 is 24.3 Å². The molecule has 9 nitrogen and oxygen atoms in total. The Bertz CT molecular complexity index is 1060. The molecular formula is C22H21N3O6. The lowest BCUT2D eigenvalue weighted by Crippen LogP contribution is -2.24. The Labute approximate surface area is 178 Å². The zero-order valence-electron chi connectivity index (χ0n) is 16.7. The molecule has 0 saturated carbocycles. The molecular weight excluding hydrogens is 402 g/mol. The van der Waals surface area contributed by atoms with Gasteiger partial charge in [-0.2, -0.15) is 5.10 Å². The van der Waals surface area contributed by atoms with Crippen molar-refractivity contribution in [3.63, 3.8) is 0 Å². The van der Waals surface area contributed by atoms with Crippen LogP contribution < -0.4 is 20.2 Å². The van der Waals surface area contributed by atoms with Crippen LogP contribution in [0.5, 0.6) is 11.5 Å². The van der Waals surface area contributed by atoms with Crippen molar-refractivity contribution in [1.82, 2.24) is 5.43 Å². The van der Waals surface area contributed by atoms with Gasteiger partial charge in [0, 0.05) is 5.69 Å². The van der Waals surface area contributed by atoms with E-state index in [0.717, 1.165) is 0 Å². The molecule has 0 aliphatic rings. The van der Waals surface area contributed by atoms with Crippen molar-refractivity contribution in [2.75, 3.05) is 11.9 Å². The molecule has 0 aliphatic heterocycles. The Morgan fingerprint density at radius 3 is 2.58 bits per heavy atom. The highest BCUT2D eigenvalue weighted by molar-refractivity contribution is 5.90. The summed E-state index contributed by atoms with van der Waals surface area (Å²) in [6, 6.07) is 16.6. The lowest BCUT2D eigenvalue weighted by molar-refractivity contribution is 0.0658. The summed E-state index contributed by atoms with van der Waals surface area (Å²) < 4.78 is 16.5. The zero-order valence-corrected chi connectivity index (χ0v) is 16.7. The van der Waals surface area contributed by atoms with Gasteiger partial charge in [-0.3, -0.25) is 0 Å². The Morgan fingerprint density at radius 1 is 1.06 bits per heavy atom. The lowest BCUT2D eigenvalue weighted by Gasteiger charge is -2.11. The van der Waals surface area contributed by atoms with Crippen LogP contribution in [0, 0.1) is 0 Å². The topological polar surface area (TPSA) is 122 Å². The number of rotatable bonds is 9. The number of furan rings is 1. The molecule has 0 fully saturated rings. The molecule has 160 valence electrons. The predicted molar refractivity (Wildman–Crippen MR) is 114 cm³/mol. The number of carbonyl (C=O) groups excluding carboxylic acids is 1. The van der Waals surface area contributed by atoms with Crippen LogP contribution in [0.4, 0.5) is 10.5 Å². The first-order chi connectivity index (χ1) is 15.0. The van der Waals surface area contributed by atoms with E-state index >= 15 is 0 Å². The van der Waals surface area contributed by atoms with Crippen LogP contribution in [0.3, 0.4) is 0 Å². The summed E-state index contributed by atoms with van der Waals surface area (Å²) in [6.07, 6.45) is 1.47. The molecule has 1 heterocycles. The van der Waals surface area contributed by atoms with E-state index in [2.05, 4.69) is 15.8 Å². The smallest absolute Gasteiger partial charge is 0.371 e. The van der Waals surface area contributed by atoms with Crippen molar-refractivity contribution in [2.24, 2.45) is 5.10 Å². The van der Waals surface area contributed by atoms with Crippen molar-refractivity contribution in [1.29, 1.82) is 0 Å².